The van der Waals surface area contributed by atoms with Crippen molar-refractivity contribution in [3.8, 4) is 5.75 Å². The second kappa shape index (κ2) is 8.52. The van der Waals surface area contributed by atoms with E-state index in [0.717, 1.165) is 40.9 Å². The average molecular weight is 398 g/mol. The molecule has 1 aliphatic carbocycles. The molecule has 146 valence electrons. The second-order valence-electron chi connectivity index (χ2n) is 6.66. The van der Waals surface area contributed by atoms with Gasteiger partial charge >= 0.3 is 0 Å². The van der Waals surface area contributed by atoms with Crippen molar-refractivity contribution in [2.24, 2.45) is 0 Å². The minimum Gasteiger partial charge on any atom is -0.496 e. The second-order valence-corrected chi connectivity index (χ2v) is 7.60. The fourth-order valence-electron chi connectivity index (χ4n) is 2.98. The molecule has 0 saturated heterocycles. The van der Waals surface area contributed by atoms with Crippen LogP contribution in [0, 0.1) is 0 Å². The molecule has 1 N–H and O–H groups in total. The lowest BCUT2D eigenvalue weighted by molar-refractivity contribution is -0.118. The largest absolute Gasteiger partial charge is 0.496 e. The number of nitrogens with zero attached hydrogens (tertiary/aromatic N) is 3. The topological polar surface area (TPSA) is 82.2 Å². The van der Waals surface area contributed by atoms with Crippen LogP contribution >= 0.6 is 11.8 Å². The molecule has 1 fully saturated rings. The first-order chi connectivity index (χ1) is 13.7. The smallest absolute Gasteiger partial charge is 0.230 e. The number of carbonyl (C=O) groups is 1. The summed E-state index contributed by atoms with van der Waals surface area (Å²) >= 11 is 1.39. The van der Waals surface area contributed by atoms with E-state index in [4.69, 9.17) is 9.15 Å². The van der Waals surface area contributed by atoms with E-state index < -0.39 is 0 Å². The van der Waals surface area contributed by atoms with Gasteiger partial charge < -0.3 is 14.5 Å². The lowest BCUT2D eigenvalue weighted by atomic mass is 10.2. The van der Waals surface area contributed by atoms with Gasteiger partial charge in [-0.05, 0) is 31.0 Å². The standard InChI is InChI=1S/C20H22N4O3S/c1-26-17-7-3-2-5-15(17)11-21-18(25)13-28-20-23-22-19(14-8-9-14)24(20)12-16-6-4-10-27-16/h2-7,10,14H,8-9,11-13H2,1H3,(H,21,25). The predicted octanol–water partition coefficient (Wildman–Crippen LogP) is 3.21. The van der Waals surface area contributed by atoms with Gasteiger partial charge in [0.05, 0.1) is 25.7 Å². The molecule has 0 unspecified atom stereocenters. The van der Waals surface area contributed by atoms with Crippen molar-refractivity contribution in [2.45, 2.75) is 37.0 Å². The molecule has 1 amide bonds. The summed E-state index contributed by atoms with van der Waals surface area (Å²) in [7, 11) is 1.62. The van der Waals surface area contributed by atoms with Crippen LogP contribution in [0.5, 0.6) is 5.75 Å². The molecule has 0 aliphatic heterocycles. The van der Waals surface area contributed by atoms with Crippen molar-refractivity contribution < 1.29 is 13.9 Å². The molecule has 1 aromatic carbocycles. The van der Waals surface area contributed by atoms with Crippen molar-refractivity contribution in [3.63, 3.8) is 0 Å². The van der Waals surface area contributed by atoms with E-state index in [9.17, 15) is 4.79 Å². The Balaban J connectivity index is 1.37. The number of aromatic nitrogens is 3. The van der Waals surface area contributed by atoms with Crippen molar-refractivity contribution >= 4 is 17.7 Å². The Morgan fingerprint density at radius 3 is 2.89 bits per heavy atom. The molecule has 28 heavy (non-hydrogen) atoms. The number of hydrogen-bond donors (Lipinski definition) is 1. The number of thioether (sulfide) groups is 1. The first-order valence-electron chi connectivity index (χ1n) is 9.21. The predicted molar refractivity (Wildman–Crippen MR) is 105 cm³/mol. The van der Waals surface area contributed by atoms with Gasteiger partial charge in [-0.2, -0.15) is 0 Å². The first kappa shape index (κ1) is 18.6. The summed E-state index contributed by atoms with van der Waals surface area (Å²) in [4.78, 5) is 12.3. The molecule has 8 heteroatoms. The number of ether oxygens (including phenoxy) is 1. The minimum atomic E-state index is -0.0589. The molecule has 7 nitrogen and oxygen atoms in total. The Morgan fingerprint density at radius 2 is 2.14 bits per heavy atom. The zero-order chi connectivity index (χ0) is 19.3. The van der Waals surface area contributed by atoms with Gasteiger partial charge in [0.25, 0.3) is 0 Å². The number of amides is 1. The highest BCUT2D eigenvalue weighted by Gasteiger charge is 2.30. The molecular formula is C20H22N4O3S. The highest BCUT2D eigenvalue weighted by molar-refractivity contribution is 7.99. The van der Waals surface area contributed by atoms with Crippen molar-refractivity contribution in [3.05, 3.63) is 59.8 Å². The monoisotopic (exact) mass is 398 g/mol. The maximum atomic E-state index is 12.3. The van der Waals surface area contributed by atoms with Crippen LogP contribution in [0.15, 0.2) is 52.2 Å². The molecule has 4 rings (SSSR count). The third-order valence-corrected chi connectivity index (χ3v) is 5.55. The lowest BCUT2D eigenvalue weighted by Crippen LogP contribution is -2.25. The molecule has 0 radical (unpaired) electrons. The molecule has 1 aliphatic rings. The molecule has 0 bridgehead atoms. The van der Waals surface area contributed by atoms with E-state index in [1.54, 1.807) is 13.4 Å². The third kappa shape index (κ3) is 4.39. The normalized spacial score (nSPS) is 13.5. The van der Waals surface area contributed by atoms with Gasteiger partial charge in [0.15, 0.2) is 5.16 Å². The van der Waals surface area contributed by atoms with Crippen LogP contribution in [0.4, 0.5) is 0 Å². The van der Waals surface area contributed by atoms with E-state index in [0.29, 0.717) is 19.0 Å². The van der Waals surface area contributed by atoms with E-state index >= 15 is 0 Å². The number of benzene rings is 1. The van der Waals surface area contributed by atoms with Gasteiger partial charge in [-0.3, -0.25) is 9.36 Å². The van der Waals surface area contributed by atoms with Crippen LogP contribution in [-0.4, -0.2) is 33.5 Å². The first-order valence-corrected chi connectivity index (χ1v) is 10.2. The third-order valence-electron chi connectivity index (χ3n) is 4.58. The van der Waals surface area contributed by atoms with Crippen LogP contribution in [-0.2, 0) is 17.9 Å². The summed E-state index contributed by atoms with van der Waals surface area (Å²) in [5.41, 5.74) is 0.945. The fourth-order valence-corrected chi connectivity index (χ4v) is 3.76. The summed E-state index contributed by atoms with van der Waals surface area (Å²) in [6, 6.07) is 11.5. The SMILES string of the molecule is COc1ccccc1CNC(=O)CSc1nnc(C2CC2)n1Cc1ccco1. The number of hydrogen-bond acceptors (Lipinski definition) is 6. The van der Waals surface area contributed by atoms with Crippen molar-refractivity contribution in [2.75, 3.05) is 12.9 Å². The zero-order valence-electron chi connectivity index (χ0n) is 15.6. The summed E-state index contributed by atoms with van der Waals surface area (Å²) < 4.78 is 12.9. The fraction of sp³-hybridized carbons (Fsp3) is 0.350. The van der Waals surface area contributed by atoms with Gasteiger partial charge in [0.2, 0.25) is 5.91 Å². The number of rotatable bonds is 9. The maximum Gasteiger partial charge on any atom is 0.230 e. The number of para-hydroxylation sites is 1. The Hall–Kier alpha value is -2.74. The Bertz CT molecular complexity index is 935. The van der Waals surface area contributed by atoms with Gasteiger partial charge in [-0.1, -0.05) is 30.0 Å². The number of nitrogens with one attached hydrogen (secondary N) is 1. The number of carbonyl (C=O) groups excluding carboxylic acids is 1. The Labute approximate surface area is 167 Å². The van der Waals surface area contributed by atoms with Crippen molar-refractivity contribution in [1.82, 2.24) is 20.1 Å². The van der Waals surface area contributed by atoms with Gasteiger partial charge in [-0.15, -0.1) is 10.2 Å². The molecule has 0 spiro atoms. The highest BCUT2D eigenvalue weighted by Crippen LogP contribution is 2.40. The van der Waals surface area contributed by atoms with E-state index in [1.165, 1.54) is 11.8 Å². The highest BCUT2D eigenvalue weighted by atomic mass is 32.2. The zero-order valence-corrected chi connectivity index (χ0v) is 16.4. The minimum absolute atomic E-state index is 0.0589. The number of furan rings is 1. The van der Waals surface area contributed by atoms with Gasteiger partial charge in [0.1, 0.15) is 17.3 Å². The summed E-state index contributed by atoms with van der Waals surface area (Å²) in [6.07, 6.45) is 3.94. The van der Waals surface area contributed by atoms with Gasteiger partial charge in [0, 0.05) is 18.0 Å². The molecule has 2 heterocycles. The molecule has 1 saturated carbocycles. The van der Waals surface area contributed by atoms with Gasteiger partial charge in [-0.25, -0.2) is 0 Å². The summed E-state index contributed by atoms with van der Waals surface area (Å²) in [5, 5.41) is 12.3. The Morgan fingerprint density at radius 1 is 1.29 bits per heavy atom. The van der Waals surface area contributed by atoms with Crippen molar-refractivity contribution in [1.29, 1.82) is 0 Å². The van der Waals surface area contributed by atoms with Crippen LogP contribution in [0.25, 0.3) is 0 Å². The maximum absolute atomic E-state index is 12.3. The lowest BCUT2D eigenvalue weighted by Gasteiger charge is -2.10. The molecule has 3 aromatic rings. The molecular weight excluding hydrogens is 376 g/mol. The molecule has 0 atom stereocenters. The van der Waals surface area contributed by atoms with Crippen LogP contribution in [0.1, 0.15) is 35.9 Å². The van der Waals surface area contributed by atoms with E-state index in [-0.39, 0.29) is 11.7 Å². The molecule has 2 aromatic heterocycles. The van der Waals surface area contributed by atoms with Crippen LogP contribution < -0.4 is 10.1 Å². The average Bonchev–Trinajstić information content (AvgIpc) is 3.28. The number of methoxy groups -OCH3 is 1. The summed E-state index contributed by atoms with van der Waals surface area (Å²) in [5.74, 6) is 3.28. The van der Waals surface area contributed by atoms with E-state index in [2.05, 4.69) is 20.1 Å². The summed E-state index contributed by atoms with van der Waals surface area (Å²) in [6.45, 7) is 1.01. The van der Waals surface area contributed by atoms with Crippen LogP contribution in [0.2, 0.25) is 0 Å². The van der Waals surface area contributed by atoms with E-state index in [1.807, 2.05) is 36.4 Å². The van der Waals surface area contributed by atoms with Crippen LogP contribution in [0.3, 0.4) is 0 Å². The Kier molecular flexibility index (Phi) is 5.66. The quantitative estimate of drug-likeness (QED) is 0.558.